The van der Waals surface area contributed by atoms with E-state index in [1.54, 1.807) is 31.4 Å². The zero-order valence-corrected chi connectivity index (χ0v) is 10.7. The number of aliphatic hydroxyl groups excluding tert-OH is 1. The summed E-state index contributed by atoms with van der Waals surface area (Å²) in [7, 11) is 1.58. The molecule has 0 unspecified atom stereocenters. The fourth-order valence-electron chi connectivity index (χ4n) is 1.19. The second-order valence-corrected chi connectivity index (χ2v) is 4.87. The molecule has 0 atom stereocenters. The SMILES string of the molecule is COc1ccc(/C(O)=C/C(=O)C(C)(C)C)cc1. The lowest BCUT2D eigenvalue weighted by Gasteiger charge is -2.13. The number of allylic oxidation sites excluding steroid dienone is 1. The van der Waals surface area contributed by atoms with Gasteiger partial charge in [0.2, 0.25) is 0 Å². The Bertz CT molecular complexity index is 422. The van der Waals surface area contributed by atoms with Gasteiger partial charge in [0.25, 0.3) is 0 Å². The summed E-state index contributed by atoms with van der Waals surface area (Å²) in [6.07, 6.45) is 1.27. The van der Waals surface area contributed by atoms with Crippen LogP contribution in [-0.2, 0) is 4.79 Å². The van der Waals surface area contributed by atoms with Crippen molar-refractivity contribution in [3.63, 3.8) is 0 Å². The number of methoxy groups -OCH3 is 1. The third kappa shape index (κ3) is 3.63. The predicted octanol–water partition coefficient (Wildman–Crippen LogP) is 3.21. The maximum atomic E-state index is 11.7. The maximum Gasteiger partial charge on any atom is 0.164 e. The molecule has 0 amide bonds. The lowest BCUT2D eigenvalue weighted by molar-refractivity contribution is -0.121. The minimum atomic E-state index is -0.486. The largest absolute Gasteiger partial charge is 0.507 e. The number of carbonyl (C=O) groups excluding carboxylic acids is 1. The molecule has 17 heavy (non-hydrogen) atoms. The molecule has 1 aromatic carbocycles. The lowest BCUT2D eigenvalue weighted by Crippen LogP contribution is -2.17. The molecule has 0 saturated heterocycles. The van der Waals surface area contributed by atoms with Crippen LogP contribution in [0.4, 0.5) is 0 Å². The van der Waals surface area contributed by atoms with Crippen molar-refractivity contribution in [2.24, 2.45) is 5.41 Å². The van der Waals surface area contributed by atoms with Gasteiger partial charge in [-0.05, 0) is 24.3 Å². The van der Waals surface area contributed by atoms with E-state index in [-0.39, 0.29) is 11.5 Å². The molecule has 0 radical (unpaired) electrons. The Kier molecular flexibility index (Phi) is 3.94. The molecule has 0 spiro atoms. The molecular weight excluding hydrogens is 216 g/mol. The Labute approximate surface area is 102 Å². The summed E-state index contributed by atoms with van der Waals surface area (Å²) in [6.45, 7) is 5.44. The molecule has 92 valence electrons. The number of ketones is 1. The minimum Gasteiger partial charge on any atom is -0.507 e. The van der Waals surface area contributed by atoms with Crippen LogP contribution in [0.3, 0.4) is 0 Å². The fraction of sp³-hybridized carbons (Fsp3) is 0.357. The van der Waals surface area contributed by atoms with E-state index in [1.165, 1.54) is 6.08 Å². The molecule has 0 saturated carbocycles. The third-order valence-corrected chi connectivity index (χ3v) is 2.39. The van der Waals surface area contributed by atoms with Crippen molar-refractivity contribution in [3.05, 3.63) is 35.9 Å². The van der Waals surface area contributed by atoms with Gasteiger partial charge in [-0.15, -0.1) is 0 Å². The summed E-state index contributed by atoms with van der Waals surface area (Å²) in [5.74, 6) is 0.585. The first-order valence-electron chi connectivity index (χ1n) is 5.44. The molecule has 0 aliphatic rings. The normalized spacial score (nSPS) is 12.4. The summed E-state index contributed by atoms with van der Waals surface area (Å²) in [4.78, 5) is 11.7. The molecule has 3 heteroatoms. The fourth-order valence-corrected chi connectivity index (χ4v) is 1.19. The first-order chi connectivity index (χ1) is 7.84. The molecule has 0 aromatic heterocycles. The minimum absolute atomic E-state index is 0.0208. The number of aliphatic hydroxyl groups is 1. The van der Waals surface area contributed by atoms with Crippen LogP contribution in [0, 0.1) is 5.41 Å². The summed E-state index contributed by atoms with van der Waals surface area (Å²) in [6, 6.07) is 6.89. The highest BCUT2D eigenvalue weighted by molar-refractivity contribution is 5.98. The second kappa shape index (κ2) is 5.04. The highest BCUT2D eigenvalue weighted by atomic mass is 16.5. The van der Waals surface area contributed by atoms with E-state index in [1.807, 2.05) is 20.8 Å². The summed E-state index contributed by atoms with van der Waals surface area (Å²) in [5.41, 5.74) is 0.115. The molecule has 0 heterocycles. The second-order valence-electron chi connectivity index (χ2n) is 4.87. The monoisotopic (exact) mass is 234 g/mol. The number of rotatable bonds is 3. The van der Waals surface area contributed by atoms with Crippen LogP contribution in [0.5, 0.6) is 5.75 Å². The first kappa shape index (κ1) is 13.3. The molecule has 0 aliphatic carbocycles. The number of hydrogen-bond acceptors (Lipinski definition) is 3. The van der Waals surface area contributed by atoms with Gasteiger partial charge in [-0.25, -0.2) is 0 Å². The molecule has 0 fully saturated rings. The van der Waals surface area contributed by atoms with Gasteiger partial charge in [-0.2, -0.15) is 0 Å². The van der Waals surface area contributed by atoms with Crippen molar-refractivity contribution < 1.29 is 14.6 Å². The van der Waals surface area contributed by atoms with Gasteiger partial charge in [-0.3, -0.25) is 4.79 Å². The van der Waals surface area contributed by atoms with Gasteiger partial charge in [0.15, 0.2) is 5.78 Å². The first-order valence-corrected chi connectivity index (χ1v) is 5.44. The lowest BCUT2D eigenvalue weighted by atomic mass is 9.90. The summed E-state index contributed by atoms with van der Waals surface area (Å²) < 4.78 is 5.02. The topological polar surface area (TPSA) is 46.5 Å². The average Bonchev–Trinajstić information content (AvgIpc) is 2.27. The van der Waals surface area contributed by atoms with Crippen LogP contribution in [0.25, 0.3) is 5.76 Å². The van der Waals surface area contributed by atoms with Gasteiger partial charge in [0.05, 0.1) is 7.11 Å². The molecule has 0 bridgehead atoms. The van der Waals surface area contributed by atoms with E-state index in [0.29, 0.717) is 11.3 Å². The number of ether oxygens (including phenoxy) is 1. The molecule has 1 N–H and O–H groups in total. The van der Waals surface area contributed by atoms with E-state index in [4.69, 9.17) is 4.74 Å². The van der Waals surface area contributed by atoms with Crippen LogP contribution in [-0.4, -0.2) is 18.0 Å². The molecule has 0 aliphatic heterocycles. The Hall–Kier alpha value is -1.77. The quantitative estimate of drug-likeness (QED) is 0.645. The molecular formula is C14H18O3. The van der Waals surface area contributed by atoms with Gasteiger partial charge in [-0.1, -0.05) is 20.8 Å². The van der Waals surface area contributed by atoms with E-state index in [9.17, 15) is 9.90 Å². The summed E-state index contributed by atoms with van der Waals surface area (Å²) >= 11 is 0. The Morgan fingerprint density at radius 3 is 2.18 bits per heavy atom. The van der Waals surface area contributed by atoms with Crippen molar-refractivity contribution in [2.45, 2.75) is 20.8 Å². The standard InChI is InChI=1S/C14H18O3/c1-14(2,3)13(16)9-12(15)10-5-7-11(17-4)8-6-10/h5-9,15H,1-4H3/b12-9-. The zero-order valence-electron chi connectivity index (χ0n) is 10.7. The van der Waals surface area contributed by atoms with Crippen molar-refractivity contribution >= 4 is 11.5 Å². The molecule has 3 nitrogen and oxygen atoms in total. The van der Waals surface area contributed by atoms with Crippen LogP contribution in [0.1, 0.15) is 26.3 Å². The Balaban J connectivity index is 2.92. The van der Waals surface area contributed by atoms with Gasteiger partial charge in [0.1, 0.15) is 11.5 Å². The van der Waals surface area contributed by atoms with Crippen molar-refractivity contribution in [1.82, 2.24) is 0 Å². The number of hydrogen-bond donors (Lipinski definition) is 1. The van der Waals surface area contributed by atoms with E-state index in [2.05, 4.69) is 0 Å². The predicted molar refractivity (Wildman–Crippen MR) is 68.1 cm³/mol. The van der Waals surface area contributed by atoms with Crippen LogP contribution < -0.4 is 4.74 Å². The Morgan fingerprint density at radius 2 is 1.76 bits per heavy atom. The van der Waals surface area contributed by atoms with E-state index >= 15 is 0 Å². The van der Waals surface area contributed by atoms with Crippen molar-refractivity contribution in [1.29, 1.82) is 0 Å². The molecule has 1 rings (SSSR count). The molecule has 1 aromatic rings. The van der Waals surface area contributed by atoms with Crippen molar-refractivity contribution in [2.75, 3.05) is 7.11 Å². The van der Waals surface area contributed by atoms with Gasteiger partial charge >= 0.3 is 0 Å². The van der Waals surface area contributed by atoms with Gasteiger partial charge in [0, 0.05) is 17.1 Å². The highest BCUT2D eigenvalue weighted by Crippen LogP contribution is 2.20. The smallest absolute Gasteiger partial charge is 0.164 e. The average molecular weight is 234 g/mol. The number of benzene rings is 1. The summed E-state index contributed by atoms with van der Waals surface area (Å²) in [5, 5.41) is 9.82. The van der Waals surface area contributed by atoms with Crippen molar-refractivity contribution in [3.8, 4) is 5.75 Å². The number of carbonyl (C=O) groups is 1. The van der Waals surface area contributed by atoms with E-state index in [0.717, 1.165) is 0 Å². The highest BCUT2D eigenvalue weighted by Gasteiger charge is 2.19. The van der Waals surface area contributed by atoms with Crippen LogP contribution in [0.2, 0.25) is 0 Å². The Morgan fingerprint density at radius 1 is 1.24 bits per heavy atom. The zero-order chi connectivity index (χ0) is 13.1. The third-order valence-electron chi connectivity index (χ3n) is 2.39. The van der Waals surface area contributed by atoms with E-state index < -0.39 is 5.41 Å². The van der Waals surface area contributed by atoms with Crippen LogP contribution in [0.15, 0.2) is 30.3 Å². The maximum absolute atomic E-state index is 11.7. The van der Waals surface area contributed by atoms with Crippen LogP contribution >= 0.6 is 0 Å². The van der Waals surface area contributed by atoms with Gasteiger partial charge < -0.3 is 9.84 Å².